The van der Waals surface area contributed by atoms with Crippen LogP contribution in [0.15, 0.2) is 0 Å². The van der Waals surface area contributed by atoms with Crippen LogP contribution in [0.4, 0.5) is 0 Å². The minimum Gasteiger partial charge on any atom is -0.465 e. The van der Waals surface area contributed by atoms with Crippen LogP contribution < -0.4 is 0 Å². The fourth-order valence-corrected chi connectivity index (χ4v) is 9.41. The van der Waals surface area contributed by atoms with Crippen molar-refractivity contribution in [1.82, 2.24) is 29.4 Å². The van der Waals surface area contributed by atoms with Crippen molar-refractivity contribution in [3.05, 3.63) is 0 Å². The van der Waals surface area contributed by atoms with Gasteiger partial charge in [0, 0.05) is 112 Å². The van der Waals surface area contributed by atoms with E-state index in [9.17, 15) is 28.8 Å². The fraction of sp³-hybridized carbons (Fsp3) is 0.885. The van der Waals surface area contributed by atoms with Crippen LogP contribution in [-0.4, -0.2) is 230 Å². The number of hydrogen-bond acceptors (Lipinski definition) is 19. The van der Waals surface area contributed by atoms with Gasteiger partial charge in [-0.2, -0.15) is 0 Å². The Morgan fingerprint density at radius 2 is 0.408 bits per heavy atom. The summed E-state index contributed by atoms with van der Waals surface area (Å²) >= 11 is 0. The van der Waals surface area contributed by atoms with E-state index < -0.39 is 79.9 Å². The molecule has 6 aliphatic rings. The molecule has 0 radical (unpaired) electrons. The Bertz CT molecular complexity index is 1570. The molecule has 6 fully saturated rings. The van der Waals surface area contributed by atoms with E-state index in [1.165, 1.54) is 0 Å². The molecule has 0 unspecified atom stereocenters. The number of rotatable bonds is 34. The first kappa shape index (κ1) is 56.8. The second kappa shape index (κ2) is 22.2. The van der Waals surface area contributed by atoms with Gasteiger partial charge in [-0.3, -0.25) is 58.2 Å². The number of esters is 6. The zero-order valence-corrected chi connectivity index (χ0v) is 45.4. The lowest BCUT2D eigenvalue weighted by Gasteiger charge is -2.37. The van der Waals surface area contributed by atoms with E-state index in [0.29, 0.717) is 0 Å². The molecule has 0 aliphatic carbocycles. The highest BCUT2D eigenvalue weighted by atomic mass is 16.6. The van der Waals surface area contributed by atoms with Crippen LogP contribution in [0.25, 0.3) is 0 Å². The van der Waals surface area contributed by atoms with Gasteiger partial charge >= 0.3 is 35.8 Å². The number of carbonyl (C=O) groups excluding carboxylic acids is 6. The van der Waals surface area contributed by atoms with Crippen LogP contribution in [0.5, 0.6) is 0 Å². The first-order valence-corrected chi connectivity index (χ1v) is 26.0. The molecule has 0 amide bonds. The molecule has 0 atom stereocenters. The molecule has 404 valence electrons. The van der Waals surface area contributed by atoms with Gasteiger partial charge in [0.25, 0.3) is 0 Å². The van der Waals surface area contributed by atoms with Gasteiger partial charge in [-0.05, 0) is 83.1 Å². The van der Waals surface area contributed by atoms with Crippen LogP contribution in [0.1, 0.15) is 122 Å². The van der Waals surface area contributed by atoms with Crippen LogP contribution in [0.3, 0.4) is 0 Å². The first-order chi connectivity index (χ1) is 32.9. The Labute approximate surface area is 423 Å². The monoisotopic (exact) mass is 1000 g/mol. The van der Waals surface area contributed by atoms with E-state index in [1.54, 1.807) is 0 Å². The third kappa shape index (κ3) is 17.9. The molecule has 0 aromatic rings. The van der Waals surface area contributed by atoms with Crippen molar-refractivity contribution < 1.29 is 61.9 Å². The molecule has 19 heteroatoms. The van der Waals surface area contributed by atoms with Gasteiger partial charge in [0.2, 0.25) is 0 Å². The summed E-state index contributed by atoms with van der Waals surface area (Å²) in [5.41, 5.74) is -5.66. The van der Waals surface area contributed by atoms with Gasteiger partial charge in [-0.15, -0.1) is 0 Å². The summed E-state index contributed by atoms with van der Waals surface area (Å²) in [6.45, 7) is 31.5. The Kier molecular flexibility index (Phi) is 17.7. The summed E-state index contributed by atoms with van der Waals surface area (Å²) in [4.78, 5) is 95.2. The zero-order chi connectivity index (χ0) is 52.3. The Balaban J connectivity index is 1.28. The standard InChI is InChI=1S/C52H88N6O13/c1-45(2,53-13-14-53)25-39(59)66-33-51(34-67-40(60)26-46(3,4)54-15-16-54,35-68-41(61)27-47(5,6)55-17-18-55)31-65-32-52(36-69-42(62)28-48(7,8)56-19-20-56,37-70-43(63)29-49(9,10)57-21-22-57)38-71-44(64)30-50(11,12)58-23-24-58/h13-38H2,1-12H3. The summed E-state index contributed by atoms with van der Waals surface area (Å²) in [5, 5.41) is 0. The van der Waals surface area contributed by atoms with E-state index >= 15 is 0 Å². The molecule has 0 bridgehead atoms. The van der Waals surface area contributed by atoms with Crippen LogP contribution >= 0.6 is 0 Å². The normalized spacial score (nSPS) is 19.4. The number of hydrogen-bond donors (Lipinski definition) is 0. The summed E-state index contributed by atoms with van der Waals surface area (Å²) in [7, 11) is 0. The number of nitrogens with zero attached hydrogens (tertiary/aromatic N) is 6. The van der Waals surface area contributed by atoms with Crippen molar-refractivity contribution in [1.29, 1.82) is 0 Å². The average molecular weight is 1010 g/mol. The van der Waals surface area contributed by atoms with Gasteiger partial charge in [0.1, 0.15) is 39.6 Å². The van der Waals surface area contributed by atoms with Gasteiger partial charge in [0.15, 0.2) is 0 Å². The molecule has 0 aromatic carbocycles. The summed E-state index contributed by atoms with van der Waals surface area (Å²) < 4.78 is 43.0. The van der Waals surface area contributed by atoms with Gasteiger partial charge in [-0.1, -0.05) is 0 Å². The van der Waals surface area contributed by atoms with Crippen molar-refractivity contribution in [2.45, 2.75) is 155 Å². The predicted octanol–water partition coefficient (Wildman–Crippen LogP) is 3.14. The molecule has 71 heavy (non-hydrogen) atoms. The number of carbonyl (C=O) groups is 6. The highest BCUT2D eigenvalue weighted by Gasteiger charge is 2.46. The minimum absolute atomic E-state index is 0.0838. The lowest BCUT2D eigenvalue weighted by atomic mass is 9.89. The molecule has 0 spiro atoms. The van der Waals surface area contributed by atoms with Crippen LogP contribution in [0.2, 0.25) is 0 Å². The molecule has 0 N–H and O–H groups in total. The second-order valence-corrected chi connectivity index (χ2v) is 25.3. The highest BCUT2D eigenvalue weighted by molar-refractivity contribution is 5.73. The third-order valence-electron chi connectivity index (χ3n) is 15.3. The quantitative estimate of drug-likeness (QED) is 0.0520. The molecule has 0 aromatic heterocycles. The van der Waals surface area contributed by atoms with E-state index in [2.05, 4.69) is 29.4 Å². The van der Waals surface area contributed by atoms with Crippen molar-refractivity contribution in [3.8, 4) is 0 Å². The number of ether oxygens (including phenoxy) is 7. The molecule has 0 saturated carbocycles. The maximum atomic E-state index is 13.7. The molecule has 19 nitrogen and oxygen atoms in total. The molecule has 6 rings (SSSR count). The van der Waals surface area contributed by atoms with Crippen LogP contribution in [0, 0.1) is 10.8 Å². The second-order valence-electron chi connectivity index (χ2n) is 25.3. The summed E-state index contributed by atoms with van der Waals surface area (Å²) in [6, 6.07) is 0. The zero-order valence-electron chi connectivity index (χ0n) is 45.4. The first-order valence-electron chi connectivity index (χ1n) is 26.0. The predicted molar refractivity (Wildman–Crippen MR) is 263 cm³/mol. The third-order valence-corrected chi connectivity index (χ3v) is 15.3. The van der Waals surface area contributed by atoms with E-state index in [0.717, 1.165) is 78.5 Å². The fourth-order valence-electron chi connectivity index (χ4n) is 9.41. The van der Waals surface area contributed by atoms with Gasteiger partial charge in [0.05, 0.1) is 62.6 Å². The molecule has 6 saturated heterocycles. The van der Waals surface area contributed by atoms with Crippen molar-refractivity contribution >= 4 is 35.8 Å². The highest BCUT2D eigenvalue weighted by Crippen LogP contribution is 2.34. The Morgan fingerprint density at radius 1 is 0.268 bits per heavy atom. The molecular formula is C52H88N6O13. The summed E-state index contributed by atoms with van der Waals surface area (Å²) in [6.07, 6.45) is 0.503. The van der Waals surface area contributed by atoms with Crippen LogP contribution in [-0.2, 0) is 61.9 Å². The molecular weight excluding hydrogens is 917 g/mol. The van der Waals surface area contributed by atoms with Gasteiger partial charge < -0.3 is 33.2 Å². The average Bonchev–Trinajstić information content (AvgIpc) is 4.06. The smallest absolute Gasteiger partial charge is 0.307 e. The van der Waals surface area contributed by atoms with E-state index in [-0.39, 0.29) is 91.4 Å². The topological polar surface area (TPSA) is 185 Å². The van der Waals surface area contributed by atoms with Crippen molar-refractivity contribution in [3.63, 3.8) is 0 Å². The van der Waals surface area contributed by atoms with Crippen molar-refractivity contribution in [2.24, 2.45) is 10.8 Å². The Hall–Kier alpha value is -3.46. The SMILES string of the molecule is CC(C)(CC(=O)OCC(COCC(COC(=O)CC(C)(C)N1CC1)(COC(=O)CC(C)(C)N1CC1)COC(=O)CC(C)(C)N1CC1)(COC(=O)CC(C)(C)N1CC1)COC(=O)CC(C)(C)N1CC1)N1CC1. The van der Waals surface area contributed by atoms with Gasteiger partial charge in [-0.25, -0.2) is 0 Å². The van der Waals surface area contributed by atoms with E-state index in [1.807, 2.05) is 83.1 Å². The lowest BCUT2D eigenvalue weighted by Crippen LogP contribution is -2.48. The van der Waals surface area contributed by atoms with E-state index in [4.69, 9.17) is 33.2 Å². The maximum Gasteiger partial charge on any atom is 0.307 e. The largest absolute Gasteiger partial charge is 0.465 e. The minimum atomic E-state index is -1.44. The summed E-state index contributed by atoms with van der Waals surface area (Å²) in [5.74, 6) is -2.94. The molecule has 6 aliphatic heterocycles. The lowest BCUT2D eigenvalue weighted by molar-refractivity contribution is -0.176. The maximum absolute atomic E-state index is 13.7. The molecule has 6 heterocycles. The Morgan fingerprint density at radius 3 is 0.535 bits per heavy atom. The van der Waals surface area contributed by atoms with Crippen molar-refractivity contribution in [2.75, 3.05) is 131 Å².